The lowest BCUT2D eigenvalue weighted by atomic mass is 10.2. The van der Waals surface area contributed by atoms with E-state index in [2.05, 4.69) is 5.32 Å². The van der Waals surface area contributed by atoms with Crippen molar-refractivity contribution in [1.29, 1.82) is 0 Å². The maximum Gasteiger partial charge on any atom is 0.175 e. The van der Waals surface area contributed by atoms with Crippen molar-refractivity contribution in [3.8, 4) is 5.75 Å². The van der Waals surface area contributed by atoms with Gasteiger partial charge in [0.25, 0.3) is 0 Å². The first-order valence-corrected chi connectivity index (χ1v) is 3.95. The van der Waals surface area contributed by atoms with Crippen LogP contribution in [-0.2, 0) is 0 Å². The molecule has 2 nitrogen and oxygen atoms in total. The standard InChI is InChI=1S/C9H11F2NO/c1-5(2)12-8-4-6(10)3-7(11)9(8)13/h3-5,12-13H,1-2H3. The minimum Gasteiger partial charge on any atom is -0.503 e. The molecule has 4 heteroatoms. The second-order valence-corrected chi connectivity index (χ2v) is 3.08. The van der Waals surface area contributed by atoms with Crippen LogP contribution in [0.4, 0.5) is 14.5 Å². The van der Waals surface area contributed by atoms with Crippen LogP contribution in [0.1, 0.15) is 13.8 Å². The van der Waals surface area contributed by atoms with Crippen molar-refractivity contribution >= 4 is 5.69 Å². The zero-order valence-electron chi connectivity index (χ0n) is 7.44. The highest BCUT2D eigenvalue weighted by Gasteiger charge is 2.10. The number of phenols is 1. The summed E-state index contributed by atoms with van der Waals surface area (Å²) in [5, 5.41) is 11.9. The second-order valence-electron chi connectivity index (χ2n) is 3.08. The zero-order valence-corrected chi connectivity index (χ0v) is 7.44. The molecule has 0 fully saturated rings. The van der Waals surface area contributed by atoms with Gasteiger partial charge in [-0.1, -0.05) is 0 Å². The lowest BCUT2D eigenvalue weighted by molar-refractivity contribution is 0.429. The molecule has 0 saturated carbocycles. The number of anilines is 1. The van der Waals surface area contributed by atoms with Crippen molar-refractivity contribution in [2.45, 2.75) is 19.9 Å². The van der Waals surface area contributed by atoms with Gasteiger partial charge in [-0.25, -0.2) is 8.78 Å². The Labute approximate surface area is 75.2 Å². The quantitative estimate of drug-likeness (QED) is 0.697. The Bertz CT molecular complexity index is 313. The van der Waals surface area contributed by atoms with Crippen LogP contribution in [0.15, 0.2) is 12.1 Å². The topological polar surface area (TPSA) is 32.3 Å². The van der Waals surface area contributed by atoms with Crippen molar-refractivity contribution in [2.24, 2.45) is 0 Å². The van der Waals surface area contributed by atoms with Crippen LogP contribution < -0.4 is 5.32 Å². The molecular weight excluding hydrogens is 176 g/mol. The van der Waals surface area contributed by atoms with Crippen LogP contribution >= 0.6 is 0 Å². The third kappa shape index (κ3) is 2.31. The Morgan fingerprint density at radius 1 is 1.31 bits per heavy atom. The second kappa shape index (κ2) is 3.60. The molecule has 0 heterocycles. The monoisotopic (exact) mass is 187 g/mol. The molecule has 0 saturated heterocycles. The van der Waals surface area contributed by atoms with E-state index in [9.17, 15) is 8.78 Å². The zero-order chi connectivity index (χ0) is 10.0. The Hall–Kier alpha value is -1.32. The summed E-state index contributed by atoms with van der Waals surface area (Å²) in [6, 6.07) is 1.70. The smallest absolute Gasteiger partial charge is 0.175 e. The molecule has 72 valence electrons. The van der Waals surface area contributed by atoms with Crippen LogP contribution in [0.2, 0.25) is 0 Å². The van der Waals surface area contributed by atoms with Gasteiger partial charge in [-0.15, -0.1) is 0 Å². The number of hydrogen-bond donors (Lipinski definition) is 2. The minimum absolute atomic E-state index is 0.00657. The van der Waals surface area contributed by atoms with Crippen LogP contribution in [-0.4, -0.2) is 11.1 Å². The van der Waals surface area contributed by atoms with Gasteiger partial charge >= 0.3 is 0 Å². The molecule has 0 radical (unpaired) electrons. The number of hydrogen-bond acceptors (Lipinski definition) is 2. The molecule has 0 amide bonds. The van der Waals surface area contributed by atoms with Crippen LogP contribution in [0, 0.1) is 11.6 Å². The molecule has 0 spiro atoms. The maximum atomic E-state index is 12.8. The summed E-state index contributed by atoms with van der Waals surface area (Å²) in [5.41, 5.74) is 0.0764. The SMILES string of the molecule is CC(C)Nc1cc(F)cc(F)c1O. The highest BCUT2D eigenvalue weighted by atomic mass is 19.1. The summed E-state index contributed by atoms with van der Waals surface area (Å²) in [5.74, 6) is -2.21. The fraction of sp³-hybridized carbons (Fsp3) is 0.333. The van der Waals surface area contributed by atoms with Gasteiger partial charge in [0.1, 0.15) is 5.82 Å². The highest BCUT2D eigenvalue weighted by Crippen LogP contribution is 2.27. The first kappa shape index (κ1) is 9.77. The summed E-state index contributed by atoms with van der Waals surface area (Å²) in [7, 11) is 0. The van der Waals surface area contributed by atoms with Crippen LogP contribution in [0.3, 0.4) is 0 Å². The summed E-state index contributed by atoms with van der Waals surface area (Å²) in [6.45, 7) is 3.62. The number of nitrogens with one attached hydrogen (secondary N) is 1. The fourth-order valence-corrected chi connectivity index (χ4v) is 0.987. The van der Waals surface area contributed by atoms with E-state index < -0.39 is 17.4 Å². The normalized spacial score (nSPS) is 10.5. The lowest BCUT2D eigenvalue weighted by Crippen LogP contribution is -2.10. The molecule has 0 bridgehead atoms. The third-order valence-electron chi connectivity index (χ3n) is 1.47. The number of rotatable bonds is 2. The molecule has 1 rings (SSSR count). The lowest BCUT2D eigenvalue weighted by Gasteiger charge is -2.11. The van der Waals surface area contributed by atoms with Gasteiger partial charge in [0.05, 0.1) is 5.69 Å². The van der Waals surface area contributed by atoms with Crippen LogP contribution in [0.5, 0.6) is 5.75 Å². The van der Waals surface area contributed by atoms with E-state index in [0.717, 1.165) is 6.07 Å². The summed E-state index contributed by atoms with van der Waals surface area (Å²) >= 11 is 0. The van der Waals surface area contributed by atoms with E-state index >= 15 is 0 Å². The molecule has 0 atom stereocenters. The molecule has 1 aromatic rings. The van der Waals surface area contributed by atoms with Gasteiger partial charge < -0.3 is 10.4 Å². The predicted octanol–water partition coefficient (Wildman–Crippen LogP) is 2.49. The van der Waals surface area contributed by atoms with E-state index in [-0.39, 0.29) is 11.7 Å². The highest BCUT2D eigenvalue weighted by molar-refractivity contribution is 5.56. The molecule has 1 aromatic carbocycles. The van der Waals surface area contributed by atoms with Crippen LogP contribution in [0.25, 0.3) is 0 Å². The Morgan fingerprint density at radius 2 is 1.92 bits per heavy atom. The molecular formula is C9H11F2NO. The summed E-state index contributed by atoms with van der Waals surface area (Å²) in [6.07, 6.45) is 0. The Morgan fingerprint density at radius 3 is 2.46 bits per heavy atom. The van der Waals surface area contributed by atoms with E-state index in [4.69, 9.17) is 5.11 Å². The largest absolute Gasteiger partial charge is 0.503 e. The Balaban J connectivity index is 3.05. The van der Waals surface area contributed by atoms with E-state index in [1.807, 2.05) is 13.8 Å². The molecule has 0 aliphatic rings. The van der Waals surface area contributed by atoms with Gasteiger partial charge in [0, 0.05) is 18.2 Å². The molecule has 0 unspecified atom stereocenters. The van der Waals surface area contributed by atoms with E-state index in [1.165, 1.54) is 0 Å². The van der Waals surface area contributed by atoms with E-state index in [1.54, 1.807) is 0 Å². The Kier molecular flexibility index (Phi) is 2.70. The summed E-state index contributed by atoms with van der Waals surface area (Å²) in [4.78, 5) is 0. The number of halogens is 2. The van der Waals surface area contributed by atoms with Crippen molar-refractivity contribution in [2.75, 3.05) is 5.32 Å². The summed E-state index contributed by atoms with van der Waals surface area (Å²) < 4.78 is 25.4. The third-order valence-corrected chi connectivity index (χ3v) is 1.47. The van der Waals surface area contributed by atoms with Gasteiger partial charge in [-0.3, -0.25) is 0 Å². The van der Waals surface area contributed by atoms with Crippen molar-refractivity contribution in [3.63, 3.8) is 0 Å². The number of phenolic OH excluding ortho intramolecular Hbond substituents is 1. The maximum absolute atomic E-state index is 12.8. The molecule has 0 aliphatic carbocycles. The average molecular weight is 187 g/mol. The van der Waals surface area contributed by atoms with Gasteiger partial charge in [0.2, 0.25) is 0 Å². The molecule has 0 aliphatic heterocycles. The van der Waals surface area contributed by atoms with Crippen molar-refractivity contribution in [3.05, 3.63) is 23.8 Å². The van der Waals surface area contributed by atoms with Crippen molar-refractivity contribution < 1.29 is 13.9 Å². The van der Waals surface area contributed by atoms with Gasteiger partial charge in [-0.05, 0) is 13.8 Å². The first-order chi connectivity index (χ1) is 6.00. The fourth-order valence-electron chi connectivity index (χ4n) is 0.987. The number of benzene rings is 1. The number of aromatic hydroxyl groups is 1. The minimum atomic E-state index is -0.955. The molecule has 2 N–H and O–H groups in total. The van der Waals surface area contributed by atoms with Gasteiger partial charge in [-0.2, -0.15) is 0 Å². The van der Waals surface area contributed by atoms with E-state index in [0.29, 0.717) is 6.07 Å². The van der Waals surface area contributed by atoms with Crippen molar-refractivity contribution in [1.82, 2.24) is 0 Å². The molecule has 13 heavy (non-hydrogen) atoms. The predicted molar refractivity (Wildman–Crippen MR) is 46.8 cm³/mol. The first-order valence-electron chi connectivity index (χ1n) is 3.95. The van der Waals surface area contributed by atoms with Gasteiger partial charge in [0.15, 0.2) is 11.6 Å². The average Bonchev–Trinajstić information content (AvgIpc) is 1.98. The molecule has 0 aromatic heterocycles.